The van der Waals surface area contributed by atoms with Crippen LogP contribution < -0.4 is 0 Å². The number of hydrogen-bond donors (Lipinski definition) is 1. The lowest BCUT2D eigenvalue weighted by Gasteiger charge is -2.03. The van der Waals surface area contributed by atoms with Crippen molar-refractivity contribution in [1.29, 1.82) is 0 Å². The Morgan fingerprint density at radius 1 is 0.846 bits per heavy atom. The Hall–Kier alpha value is -0.880. The predicted octanol–water partition coefficient (Wildman–Crippen LogP) is 5.45. The van der Waals surface area contributed by atoms with Crippen molar-refractivity contribution in [2.24, 2.45) is 0 Å². The van der Waals surface area contributed by atoms with Crippen LogP contribution in [0.15, 0.2) is 12.2 Å². The maximum absolute atomic E-state index is 11.4. The van der Waals surface area contributed by atoms with Crippen LogP contribution in [0.2, 0.25) is 0 Å². The number of unbranched alkanes of at least 4 members (excludes halogenated alkanes) is 11. The molecule has 0 rings (SSSR count). The molecule has 0 aliphatic heterocycles. The predicted molar refractivity (Wildman–Crippen MR) is 107 cm³/mol. The van der Waals surface area contributed by atoms with Gasteiger partial charge in [-0.1, -0.05) is 70.4 Å². The Kier molecular flexibility index (Phi) is 16.9. The Labute approximate surface area is 160 Å². The number of carbonyl (C=O) groups is 1. The van der Waals surface area contributed by atoms with Gasteiger partial charge in [0.2, 0.25) is 0 Å². The molecule has 26 heavy (non-hydrogen) atoms. The summed E-state index contributed by atoms with van der Waals surface area (Å²) in [6.07, 6.45) is 20.5. The fourth-order valence-corrected chi connectivity index (χ4v) is 2.97. The minimum absolute atomic E-state index is 0.275. The zero-order valence-electron chi connectivity index (χ0n) is 16.5. The van der Waals surface area contributed by atoms with E-state index in [-0.39, 0.29) is 6.61 Å². The zero-order valence-corrected chi connectivity index (χ0v) is 17.3. The molecule has 154 valence electrons. The maximum Gasteiger partial charge on any atom is 0.305 e. The molecule has 0 aromatic rings. The third kappa shape index (κ3) is 21.2. The zero-order chi connectivity index (χ0) is 19.5. The van der Waals surface area contributed by atoms with Crippen LogP contribution in [-0.4, -0.2) is 31.3 Å². The molecule has 0 saturated carbocycles. The standard InChI is InChI=1S/C20H38O5S/c1-2-3-4-5-6-7-8-9-10-11-12-13-14-15-16-17-20(21)25-18-19-26(22,23)24/h9-10H,2-8,11-19H2,1H3,(H,22,23,24)/b10-9-. The number of hydrogen-bond acceptors (Lipinski definition) is 4. The number of esters is 1. The minimum atomic E-state index is -4.05. The Morgan fingerprint density at radius 2 is 1.35 bits per heavy atom. The molecule has 0 aliphatic rings. The number of carbonyl (C=O) groups excluding carboxylic acids is 1. The first-order valence-corrected chi connectivity index (χ1v) is 11.8. The number of rotatable bonds is 18. The average molecular weight is 391 g/mol. The van der Waals surface area contributed by atoms with Gasteiger partial charge in [-0.15, -0.1) is 0 Å². The molecule has 0 aromatic heterocycles. The fraction of sp³-hybridized carbons (Fsp3) is 0.850. The van der Waals surface area contributed by atoms with Crippen molar-refractivity contribution in [2.45, 2.75) is 96.8 Å². The highest BCUT2D eigenvalue weighted by Crippen LogP contribution is 2.10. The third-order valence-electron chi connectivity index (χ3n) is 4.25. The molecule has 0 aromatic carbocycles. The number of ether oxygens (including phenoxy) is 1. The van der Waals surface area contributed by atoms with E-state index in [0.717, 1.165) is 25.7 Å². The van der Waals surface area contributed by atoms with E-state index in [4.69, 9.17) is 9.29 Å². The second-order valence-corrected chi connectivity index (χ2v) is 8.41. The molecule has 0 saturated heterocycles. The lowest BCUT2D eigenvalue weighted by molar-refractivity contribution is -0.143. The van der Waals surface area contributed by atoms with E-state index in [0.29, 0.717) is 6.42 Å². The quantitative estimate of drug-likeness (QED) is 0.146. The van der Waals surface area contributed by atoms with Crippen molar-refractivity contribution in [1.82, 2.24) is 0 Å². The summed E-state index contributed by atoms with van der Waals surface area (Å²) >= 11 is 0. The van der Waals surface area contributed by atoms with E-state index in [2.05, 4.69) is 19.1 Å². The Bertz CT molecular complexity index is 457. The van der Waals surface area contributed by atoms with Crippen LogP contribution in [0, 0.1) is 0 Å². The smallest absolute Gasteiger partial charge is 0.305 e. The fourth-order valence-electron chi connectivity index (χ4n) is 2.67. The van der Waals surface area contributed by atoms with Gasteiger partial charge in [-0.25, -0.2) is 0 Å². The van der Waals surface area contributed by atoms with Crippen molar-refractivity contribution >= 4 is 16.1 Å². The van der Waals surface area contributed by atoms with Gasteiger partial charge in [-0.3, -0.25) is 9.35 Å². The van der Waals surface area contributed by atoms with Crippen LogP contribution in [0.25, 0.3) is 0 Å². The van der Waals surface area contributed by atoms with Crippen LogP contribution >= 0.6 is 0 Å². The monoisotopic (exact) mass is 390 g/mol. The number of allylic oxidation sites excluding steroid dienone is 2. The highest BCUT2D eigenvalue weighted by Gasteiger charge is 2.07. The van der Waals surface area contributed by atoms with Gasteiger partial charge in [-0.05, 0) is 32.1 Å². The summed E-state index contributed by atoms with van der Waals surface area (Å²) in [5, 5.41) is 0. The van der Waals surface area contributed by atoms with E-state index in [9.17, 15) is 13.2 Å². The lowest BCUT2D eigenvalue weighted by Crippen LogP contribution is -2.14. The van der Waals surface area contributed by atoms with E-state index in [1.807, 2.05) is 0 Å². The summed E-state index contributed by atoms with van der Waals surface area (Å²) in [5.41, 5.74) is 0. The van der Waals surface area contributed by atoms with Crippen LogP contribution in [-0.2, 0) is 19.6 Å². The molecule has 0 amide bonds. The molecule has 0 fully saturated rings. The van der Waals surface area contributed by atoms with Gasteiger partial charge in [0, 0.05) is 6.42 Å². The van der Waals surface area contributed by atoms with Crippen molar-refractivity contribution in [3.63, 3.8) is 0 Å². The van der Waals surface area contributed by atoms with Gasteiger partial charge >= 0.3 is 5.97 Å². The van der Waals surface area contributed by atoms with Gasteiger partial charge in [0.1, 0.15) is 12.4 Å². The molecule has 0 radical (unpaired) electrons. The third-order valence-corrected chi connectivity index (χ3v) is 4.93. The highest BCUT2D eigenvalue weighted by atomic mass is 32.2. The van der Waals surface area contributed by atoms with Crippen LogP contribution in [0.1, 0.15) is 96.8 Å². The first-order valence-electron chi connectivity index (χ1n) is 10.2. The van der Waals surface area contributed by atoms with Crippen LogP contribution in [0.5, 0.6) is 0 Å². The molecular formula is C20H38O5S. The molecule has 0 spiro atoms. The summed E-state index contributed by atoms with van der Waals surface area (Å²) < 4.78 is 34.2. The van der Waals surface area contributed by atoms with Crippen LogP contribution in [0.4, 0.5) is 0 Å². The molecule has 0 heterocycles. The second kappa shape index (κ2) is 17.5. The van der Waals surface area contributed by atoms with Gasteiger partial charge in [0.05, 0.1) is 0 Å². The summed E-state index contributed by atoms with van der Waals surface area (Å²) in [4.78, 5) is 11.4. The molecule has 0 atom stereocenters. The van der Waals surface area contributed by atoms with Crippen molar-refractivity contribution < 1.29 is 22.5 Å². The molecule has 1 N–H and O–H groups in total. The Balaban J connectivity index is 3.28. The van der Waals surface area contributed by atoms with E-state index >= 15 is 0 Å². The van der Waals surface area contributed by atoms with E-state index < -0.39 is 21.8 Å². The molecular weight excluding hydrogens is 352 g/mol. The first kappa shape index (κ1) is 25.1. The SMILES string of the molecule is CCCCCCCC/C=C\CCCCCCCC(=O)OCCS(=O)(=O)O. The van der Waals surface area contributed by atoms with Crippen molar-refractivity contribution in [3.8, 4) is 0 Å². The van der Waals surface area contributed by atoms with Gasteiger partial charge in [0.15, 0.2) is 0 Å². The summed E-state index contributed by atoms with van der Waals surface area (Å²) in [6.45, 7) is 1.97. The maximum atomic E-state index is 11.4. The van der Waals surface area contributed by atoms with Crippen molar-refractivity contribution in [2.75, 3.05) is 12.4 Å². The lowest BCUT2D eigenvalue weighted by atomic mass is 10.1. The summed E-state index contributed by atoms with van der Waals surface area (Å²) in [7, 11) is -4.05. The Morgan fingerprint density at radius 3 is 1.88 bits per heavy atom. The average Bonchev–Trinajstić information content (AvgIpc) is 2.57. The largest absolute Gasteiger partial charge is 0.464 e. The highest BCUT2D eigenvalue weighted by molar-refractivity contribution is 7.85. The molecule has 0 unspecified atom stereocenters. The molecule has 6 heteroatoms. The van der Waals surface area contributed by atoms with Crippen LogP contribution in [0.3, 0.4) is 0 Å². The second-order valence-electron chi connectivity index (χ2n) is 6.84. The molecule has 5 nitrogen and oxygen atoms in total. The summed E-state index contributed by atoms with van der Waals surface area (Å²) in [5.74, 6) is -0.934. The molecule has 0 aliphatic carbocycles. The molecule has 0 bridgehead atoms. The van der Waals surface area contributed by atoms with Gasteiger partial charge < -0.3 is 4.74 Å². The van der Waals surface area contributed by atoms with Gasteiger partial charge in [0.25, 0.3) is 10.1 Å². The minimum Gasteiger partial charge on any atom is -0.464 e. The topological polar surface area (TPSA) is 80.7 Å². The van der Waals surface area contributed by atoms with E-state index in [1.165, 1.54) is 57.8 Å². The first-order chi connectivity index (χ1) is 12.5. The van der Waals surface area contributed by atoms with E-state index in [1.54, 1.807) is 0 Å². The van der Waals surface area contributed by atoms with Gasteiger partial charge in [-0.2, -0.15) is 8.42 Å². The van der Waals surface area contributed by atoms with Crippen molar-refractivity contribution in [3.05, 3.63) is 12.2 Å². The summed E-state index contributed by atoms with van der Waals surface area (Å²) in [6, 6.07) is 0. The normalized spacial score (nSPS) is 11.9.